The van der Waals surface area contributed by atoms with Crippen molar-refractivity contribution in [3.8, 4) is 0 Å². The van der Waals surface area contributed by atoms with Crippen molar-refractivity contribution in [2.75, 3.05) is 6.61 Å². The summed E-state index contributed by atoms with van der Waals surface area (Å²) in [5, 5.41) is 0. The second-order valence-corrected chi connectivity index (χ2v) is 2.65. The molecule has 0 saturated carbocycles. The van der Waals surface area contributed by atoms with E-state index >= 15 is 0 Å². The van der Waals surface area contributed by atoms with Crippen LogP contribution in [0.25, 0.3) is 0 Å². The molecule has 0 aromatic heterocycles. The van der Waals surface area contributed by atoms with Gasteiger partial charge in [-0.15, -0.1) is 0 Å². The van der Waals surface area contributed by atoms with Crippen LogP contribution in [0.1, 0.15) is 20.3 Å². The topological polar surface area (TPSA) is 9.23 Å². The van der Waals surface area contributed by atoms with Crippen LogP contribution < -0.4 is 0 Å². The number of ether oxygens (including phenoxy) is 1. The zero-order valence-electron chi connectivity index (χ0n) is 6.63. The number of allylic oxidation sites excluding steroid dienone is 1. The first kappa shape index (κ1) is 7.55. The predicted molar refractivity (Wildman–Crippen MR) is 42.9 cm³/mol. The molecule has 0 fully saturated rings. The van der Waals surface area contributed by atoms with E-state index in [1.807, 2.05) is 13.0 Å². The highest BCUT2D eigenvalue weighted by molar-refractivity contribution is 5.07. The van der Waals surface area contributed by atoms with Gasteiger partial charge in [0, 0.05) is 0 Å². The van der Waals surface area contributed by atoms with E-state index in [0.717, 1.165) is 13.0 Å². The molecular formula is C9H14O. The Labute approximate surface area is 62.4 Å². The van der Waals surface area contributed by atoms with Gasteiger partial charge in [-0.05, 0) is 20.3 Å². The van der Waals surface area contributed by atoms with Crippen molar-refractivity contribution < 1.29 is 4.74 Å². The molecule has 0 amide bonds. The van der Waals surface area contributed by atoms with Crippen molar-refractivity contribution in [1.82, 2.24) is 0 Å². The molecule has 0 bridgehead atoms. The van der Waals surface area contributed by atoms with Crippen LogP contribution in [0.5, 0.6) is 0 Å². The van der Waals surface area contributed by atoms with Crippen LogP contribution in [0.15, 0.2) is 23.8 Å². The Morgan fingerprint density at radius 2 is 2.50 bits per heavy atom. The van der Waals surface area contributed by atoms with Crippen LogP contribution in [-0.4, -0.2) is 12.7 Å². The summed E-state index contributed by atoms with van der Waals surface area (Å²) >= 11 is 0. The molecule has 0 aromatic carbocycles. The zero-order valence-corrected chi connectivity index (χ0v) is 6.63. The van der Waals surface area contributed by atoms with Crippen LogP contribution in [0.3, 0.4) is 0 Å². The highest BCUT2D eigenvalue weighted by Gasteiger charge is 2.08. The Morgan fingerprint density at radius 3 is 3.10 bits per heavy atom. The van der Waals surface area contributed by atoms with Crippen molar-refractivity contribution >= 4 is 0 Å². The lowest BCUT2D eigenvalue weighted by Gasteiger charge is -2.18. The van der Waals surface area contributed by atoms with Gasteiger partial charge in [0.2, 0.25) is 0 Å². The lowest BCUT2D eigenvalue weighted by Crippen LogP contribution is -2.14. The first-order valence-corrected chi connectivity index (χ1v) is 3.73. The van der Waals surface area contributed by atoms with Gasteiger partial charge in [-0.1, -0.05) is 23.8 Å². The third-order valence-corrected chi connectivity index (χ3v) is 1.67. The van der Waals surface area contributed by atoms with Gasteiger partial charge in [0.25, 0.3) is 0 Å². The van der Waals surface area contributed by atoms with Gasteiger partial charge in [0.15, 0.2) is 0 Å². The summed E-state index contributed by atoms with van der Waals surface area (Å²) in [5.41, 5.74) is 1.44. The molecule has 10 heavy (non-hydrogen) atoms. The van der Waals surface area contributed by atoms with E-state index in [1.54, 1.807) is 0 Å². The first-order valence-electron chi connectivity index (χ1n) is 3.73. The lowest BCUT2D eigenvalue weighted by atomic mass is 10.1. The Kier molecular flexibility index (Phi) is 2.69. The Hall–Kier alpha value is -0.560. The summed E-state index contributed by atoms with van der Waals surface area (Å²) < 4.78 is 5.43. The number of rotatable bonds is 1. The summed E-state index contributed by atoms with van der Waals surface area (Å²) in [6.07, 6.45) is 7.68. The highest BCUT2D eigenvalue weighted by atomic mass is 16.5. The zero-order chi connectivity index (χ0) is 7.40. The van der Waals surface area contributed by atoms with E-state index in [-0.39, 0.29) is 0 Å². The van der Waals surface area contributed by atoms with Crippen molar-refractivity contribution in [3.63, 3.8) is 0 Å². The molecule has 0 aliphatic carbocycles. The number of hydrogen-bond donors (Lipinski definition) is 0. The SMILES string of the molecule is C/C=C/C1CC(C)=CCO1. The van der Waals surface area contributed by atoms with Gasteiger partial charge < -0.3 is 4.74 Å². The molecule has 1 aliphatic heterocycles. The standard InChI is InChI=1S/C9H14O/c1-3-4-9-7-8(2)5-6-10-9/h3-5,9H,6-7H2,1-2H3/b4-3+. The molecule has 1 nitrogen and oxygen atoms in total. The number of hydrogen-bond acceptors (Lipinski definition) is 1. The molecule has 0 N–H and O–H groups in total. The van der Waals surface area contributed by atoms with Gasteiger partial charge in [0.05, 0.1) is 12.7 Å². The van der Waals surface area contributed by atoms with Crippen LogP contribution >= 0.6 is 0 Å². The molecule has 56 valence electrons. The monoisotopic (exact) mass is 138 g/mol. The Bertz CT molecular complexity index is 156. The van der Waals surface area contributed by atoms with E-state index in [9.17, 15) is 0 Å². The van der Waals surface area contributed by atoms with Gasteiger partial charge in [-0.3, -0.25) is 0 Å². The quantitative estimate of drug-likeness (QED) is 0.505. The largest absolute Gasteiger partial charge is 0.370 e. The molecular weight excluding hydrogens is 124 g/mol. The highest BCUT2D eigenvalue weighted by Crippen LogP contribution is 2.14. The van der Waals surface area contributed by atoms with Crippen LogP contribution in [0.2, 0.25) is 0 Å². The average Bonchev–Trinajstić information content (AvgIpc) is 1.88. The second-order valence-electron chi connectivity index (χ2n) is 2.65. The molecule has 0 saturated heterocycles. The minimum atomic E-state index is 0.329. The van der Waals surface area contributed by atoms with E-state index in [2.05, 4.69) is 19.1 Å². The van der Waals surface area contributed by atoms with Crippen molar-refractivity contribution in [3.05, 3.63) is 23.8 Å². The fraction of sp³-hybridized carbons (Fsp3) is 0.556. The van der Waals surface area contributed by atoms with Crippen molar-refractivity contribution in [2.45, 2.75) is 26.4 Å². The molecule has 1 rings (SSSR count). The maximum Gasteiger partial charge on any atom is 0.0796 e. The third-order valence-electron chi connectivity index (χ3n) is 1.67. The van der Waals surface area contributed by atoms with Crippen molar-refractivity contribution in [2.24, 2.45) is 0 Å². The first-order chi connectivity index (χ1) is 4.83. The van der Waals surface area contributed by atoms with E-state index in [4.69, 9.17) is 4.74 Å². The van der Waals surface area contributed by atoms with Crippen LogP contribution in [-0.2, 0) is 4.74 Å². The van der Waals surface area contributed by atoms with E-state index < -0.39 is 0 Å². The van der Waals surface area contributed by atoms with Gasteiger partial charge >= 0.3 is 0 Å². The smallest absolute Gasteiger partial charge is 0.0796 e. The molecule has 1 heteroatoms. The Balaban J connectivity index is 2.45. The average molecular weight is 138 g/mol. The maximum absolute atomic E-state index is 5.43. The van der Waals surface area contributed by atoms with Crippen LogP contribution in [0, 0.1) is 0 Å². The predicted octanol–water partition coefficient (Wildman–Crippen LogP) is 2.30. The maximum atomic E-state index is 5.43. The molecule has 1 aliphatic rings. The van der Waals surface area contributed by atoms with Gasteiger partial charge in [0.1, 0.15) is 0 Å². The van der Waals surface area contributed by atoms with Crippen molar-refractivity contribution in [1.29, 1.82) is 0 Å². The summed E-state index contributed by atoms with van der Waals surface area (Å²) in [6, 6.07) is 0. The summed E-state index contributed by atoms with van der Waals surface area (Å²) in [6.45, 7) is 4.96. The fourth-order valence-corrected chi connectivity index (χ4v) is 1.11. The van der Waals surface area contributed by atoms with Gasteiger partial charge in [-0.2, -0.15) is 0 Å². The molecule has 1 heterocycles. The fourth-order valence-electron chi connectivity index (χ4n) is 1.11. The molecule has 0 radical (unpaired) electrons. The van der Waals surface area contributed by atoms with E-state index in [0.29, 0.717) is 6.10 Å². The molecule has 1 unspecified atom stereocenters. The summed E-state index contributed by atoms with van der Waals surface area (Å²) in [5.74, 6) is 0. The van der Waals surface area contributed by atoms with E-state index in [1.165, 1.54) is 5.57 Å². The summed E-state index contributed by atoms with van der Waals surface area (Å²) in [4.78, 5) is 0. The molecule has 0 spiro atoms. The third kappa shape index (κ3) is 1.99. The minimum Gasteiger partial charge on any atom is -0.370 e. The van der Waals surface area contributed by atoms with Crippen LogP contribution in [0.4, 0.5) is 0 Å². The molecule has 1 atom stereocenters. The van der Waals surface area contributed by atoms with Gasteiger partial charge in [-0.25, -0.2) is 0 Å². The second kappa shape index (κ2) is 3.57. The normalized spacial score (nSPS) is 27.0. The Morgan fingerprint density at radius 1 is 1.70 bits per heavy atom. The lowest BCUT2D eigenvalue weighted by molar-refractivity contribution is 0.0987. The molecule has 0 aromatic rings. The summed E-state index contributed by atoms with van der Waals surface area (Å²) in [7, 11) is 0. The minimum absolute atomic E-state index is 0.329.